The van der Waals surface area contributed by atoms with Crippen molar-refractivity contribution in [1.82, 2.24) is 4.57 Å². The van der Waals surface area contributed by atoms with Crippen LogP contribution in [0.3, 0.4) is 0 Å². The maximum Gasteiger partial charge on any atom is 0.0208 e. The van der Waals surface area contributed by atoms with Crippen LogP contribution in [-0.4, -0.2) is 11.1 Å². The van der Waals surface area contributed by atoms with E-state index in [4.69, 9.17) is 5.73 Å². The van der Waals surface area contributed by atoms with Crippen LogP contribution in [0.15, 0.2) is 18.3 Å². The number of aromatic nitrogens is 1. The highest BCUT2D eigenvalue weighted by molar-refractivity contribution is 5.19. The van der Waals surface area contributed by atoms with Crippen LogP contribution in [0.5, 0.6) is 0 Å². The van der Waals surface area contributed by atoms with E-state index in [0.717, 1.165) is 24.3 Å². The minimum atomic E-state index is 0.584. The maximum atomic E-state index is 6.00. The molecule has 20 heavy (non-hydrogen) atoms. The average molecular weight is 272 g/mol. The molecule has 4 fully saturated rings. The molecule has 1 heterocycles. The summed E-state index contributed by atoms with van der Waals surface area (Å²) in [4.78, 5) is 0. The molecule has 1 aromatic rings. The normalized spacial score (nSPS) is 40.2. The molecule has 4 aliphatic carbocycles. The number of hydrogen-bond acceptors (Lipinski definition) is 1. The first kappa shape index (κ1) is 12.9. The van der Waals surface area contributed by atoms with Gasteiger partial charge in [0.05, 0.1) is 0 Å². The predicted molar refractivity (Wildman–Crippen MR) is 82.4 cm³/mol. The van der Waals surface area contributed by atoms with Crippen LogP contribution in [0.1, 0.15) is 56.6 Å². The highest BCUT2D eigenvalue weighted by Crippen LogP contribution is 2.65. The van der Waals surface area contributed by atoms with Crippen molar-refractivity contribution in [3.05, 3.63) is 24.0 Å². The van der Waals surface area contributed by atoms with Crippen molar-refractivity contribution in [2.24, 2.45) is 36.0 Å². The van der Waals surface area contributed by atoms with Crippen LogP contribution in [0.25, 0.3) is 0 Å². The van der Waals surface area contributed by atoms with Crippen molar-refractivity contribution < 1.29 is 0 Å². The summed E-state index contributed by atoms with van der Waals surface area (Å²) in [6.07, 6.45) is 12.4. The molecule has 0 saturated heterocycles. The molecule has 2 N–H and O–H groups in total. The van der Waals surface area contributed by atoms with Gasteiger partial charge in [0.2, 0.25) is 0 Å². The maximum absolute atomic E-state index is 6.00. The Hall–Kier alpha value is -0.760. The highest BCUT2D eigenvalue weighted by Gasteiger charge is 2.54. The number of rotatable bonds is 4. The largest absolute Gasteiger partial charge is 0.354 e. The average Bonchev–Trinajstić information content (AvgIpc) is 2.80. The Labute approximate surface area is 122 Å². The molecule has 0 spiro atoms. The van der Waals surface area contributed by atoms with Gasteiger partial charge < -0.3 is 10.3 Å². The molecule has 4 aliphatic rings. The minimum Gasteiger partial charge on any atom is -0.354 e. The Bertz CT molecular complexity index is 452. The first-order valence-corrected chi connectivity index (χ1v) is 8.51. The van der Waals surface area contributed by atoms with Crippen molar-refractivity contribution >= 4 is 0 Å². The van der Waals surface area contributed by atoms with Crippen LogP contribution >= 0.6 is 0 Å². The van der Waals surface area contributed by atoms with E-state index in [2.05, 4.69) is 29.9 Å². The topological polar surface area (TPSA) is 30.9 Å². The van der Waals surface area contributed by atoms with Gasteiger partial charge in [-0.2, -0.15) is 0 Å². The van der Waals surface area contributed by atoms with Crippen LogP contribution in [0.2, 0.25) is 0 Å². The third-order valence-corrected chi connectivity index (χ3v) is 6.62. The van der Waals surface area contributed by atoms with E-state index in [1.54, 1.807) is 0 Å². The fourth-order valence-corrected chi connectivity index (χ4v) is 6.38. The van der Waals surface area contributed by atoms with E-state index >= 15 is 0 Å². The molecule has 1 unspecified atom stereocenters. The van der Waals surface area contributed by atoms with Crippen LogP contribution < -0.4 is 5.73 Å². The summed E-state index contributed by atoms with van der Waals surface area (Å²) in [6, 6.07) is 4.55. The zero-order valence-electron chi connectivity index (χ0n) is 12.7. The standard InChI is InChI=1S/C18H28N2/c1-20-6-2-3-17(20)16(4-5-19)18-10-13-7-14(11-18)9-15(8-13)12-18/h2-3,6,13-16H,4-5,7-12,19H2,1H3. The number of nitrogens with zero attached hydrogens (tertiary/aromatic N) is 1. The molecular formula is C18H28N2. The lowest BCUT2D eigenvalue weighted by atomic mass is 9.46. The Morgan fingerprint density at radius 1 is 1.20 bits per heavy atom. The lowest BCUT2D eigenvalue weighted by molar-refractivity contribution is -0.0708. The summed E-state index contributed by atoms with van der Waals surface area (Å²) in [5.41, 5.74) is 8.12. The van der Waals surface area contributed by atoms with Crippen molar-refractivity contribution in [3.63, 3.8) is 0 Å². The zero-order valence-corrected chi connectivity index (χ0v) is 12.7. The summed E-state index contributed by atoms with van der Waals surface area (Å²) in [7, 11) is 2.21. The molecule has 1 aromatic heterocycles. The lowest BCUT2D eigenvalue weighted by Crippen LogP contribution is -2.49. The van der Waals surface area contributed by atoms with Gasteiger partial charge in [-0.3, -0.25) is 0 Å². The van der Waals surface area contributed by atoms with Gasteiger partial charge in [-0.25, -0.2) is 0 Å². The molecule has 4 saturated carbocycles. The number of aryl methyl sites for hydroxylation is 1. The van der Waals surface area contributed by atoms with E-state index in [-0.39, 0.29) is 0 Å². The van der Waals surface area contributed by atoms with E-state index in [1.807, 2.05) is 0 Å². The Morgan fingerprint density at radius 3 is 2.25 bits per heavy atom. The van der Waals surface area contributed by atoms with Crippen molar-refractivity contribution in [2.45, 2.75) is 50.9 Å². The molecule has 110 valence electrons. The fourth-order valence-electron chi connectivity index (χ4n) is 6.38. The van der Waals surface area contributed by atoms with Gasteiger partial charge in [0.25, 0.3) is 0 Å². The van der Waals surface area contributed by atoms with E-state index in [0.29, 0.717) is 11.3 Å². The van der Waals surface area contributed by atoms with E-state index in [9.17, 15) is 0 Å². The van der Waals surface area contributed by atoms with Gasteiger partial charge in [-0.05, 0) is 86.8 Å². The Morgan fingerprint density at radius 2 is 1.80 bits per heavy atom. The summed E-state index contributed by atoms with van der Waals surface area (Å²) < 4.78 is 2.35. The smallest absolute Gasteiger partial charge is 0.0208 e. The third kappa shape index (κ3) is 1.88. The van der Waals surface area contributed by atoms with Crippen molar-refractivity contribution in [1.29, 1.82) is 0 Å². The van der Waals surface area contributed by atoms with Crippen LogP contribution in [-0.2, 0) is 7.05 Å². The second-order valence-corrected chi connectivity index (χ2v) is 7.95. The van der Waals surface area contributed by atoms with Crippen molar-refractivity contribution in [3.8, 4) is 0 Å². The first-order valence-electron chi connectivity index (χ1n) is 8.51. The molecule has 2 heteroatoms. The van der Waals surface area contributed by atoms with Gasteiger partial charge in [0.1, 0.15) is 0 Å². The van der Waals surface area contributed by atoms with Crippen LogP contribution in [0, 0.1) is 23.2 Å². The molecule has 0 aliphatic heterocycles. The molecule has 0 radical (unpaired) electrons. The third-order valence-electron chi connectivity index (χ3n) is 6.62. The SMILES string of the molecule is Cn1cccc1C(CCN)C12CC3CC(CC(C3)C1)C2. The Balaban J connectivity index is 1.71. The quantitative estimate of drug-likeness (QED) is 0.890. The van der Waals surface area contributed by atoms with Crippen molar-refractivity contribution in [2.75, 3.05) is 6.54 Å². The minimum absolute atomic E-state index is 0.584. The van der Waals surface area contributed by atoms with Gasteiger partial charge in [-0.1, -0.05) is 0 Å². The molecule has 0 aromatic carbocycles. The second-order valence-electron chi connectivity index (χ2n) is 7.95. The zero-order chi connectivity index (χ0) is 13.7. The molecular weight excluding hydrogens is 244 g/mol. The molecule has 0 amide bonds. The summed E-state index contributed by atoms with van der Waals surface area (Å²) in [5, 5.41) is 0. The molecule has 1 atom stereocenters. The number of hydrogen-bond donors (Lipinski definition) is 1. The first-order chi connectivity index (χ1) is 9.70. The van der Waals surface area contributed by atoms with E-state index in [1.165, 1.54) is 50.6 Å². The number of nitrogens with two attached hydrogens (primary N) is 1. The Kier molecular flexibility index (Phi) is 2.99. The highest BCUT2D eigenvalue weighted by atomic mass is 14.9. The summed E-state index contributed by atoms with van der Waals surface area (Å²) in [6.45, 7) is 0.831. The second kappa shape index (κ2) is 4.62. The molecule has 5 rings (SSSR count). The summed E-state index contributed by atoms with van der Waals surface area (Å²) in [5.74, 6) is 3.78. The fraction of sp³-hybridized carbons (Fsp3) is 0.778. The van der Waals surface area contributed by atoms with E-state index < -0.39 is 0 Å². The lowest BCUT2D eigenvalue weighted by Gasteiger charge is -2.59. The van der Waals surface area contributed by atoms with Crippen LogP contribution in [0.4, 0.5) is 0 Å². The monoisotopic (exact) mass is 272 g/mol. The predicted octanol–water partition coefficient (Wildman–Crippen LogP) is 3.67. The molecule has 2 nitrogen and oxygen atoms in total. The molecule has 4 bridgehead atoms. The van der Waals surface area contributed by atoms with Gasteiger partial charge in [-0.15, -0.1) is 0 Å². The van der Waals surface area contributed by atoms with Gasteiger partial charge in [0.15, 0.2) is 0 Å². The van der Waals surface area contributed by atoms with Gasteiger partial charge >= 0.3 is 0 Å². The summed E-state index contributed by atoms with van der Waals surface area (Å²) >= 11 is 0. The van der Waals surface area contributed by atoms with Gasteiger partial charge in [0, 0.05) is 24.9 Å².